The van der Waals surface area contributed by atoms with Gasteiger partial charge in [-0.05, 0) is 49.5 Å². The predicted octanol–water partition coefficient (Wildman–Crippen LogP) is 5.03. The topological polar surface area (TPSA) is 66.4 Å². The number of aliphatic hydroxyl groups excluding tert-OH is 1. The van der Waals surface area contributed by atoms with Crippen molar-refractivity contribution in [2.24, 2.45) is 5.92 Å². The summed E-state index contributed by atoms with van der Waals surface area (Å²) in [5.74, 6) is -0.644. The Morgan fingerprint density at radius 1 is 1.15 bits per heavy atom. The molecule has 0 unspecified atom stereocenters. The van der Waals surface area contributed by atoms with Gasteiger partial charge in [-0.3, -0.25) is 0 Å². The zero-order valence-corrected chi connectivity index (χ0v) is 22.3. The fourth-order valence-corrected chi connectivity index (χ4v) is 5.08. The summed E-state index contributed by atoms with van der Waals surface area (Å²) in [5.41, 5.74) is 2.10. The Morgan fingerprint density at radius 2 is 1.85 bits per heavy atom. The van der Waals surface area contributed by atoms with Crippen molar-refractivity contribution >= 4 is 8.32 Å². The normalized spacial score (nSPS) is 27.2. The van der Waals surface area contributed by atoms with Crippen molar-refractivity contribution in [2.45, 2.75) is 90.1 Å². The zero-order chi connectivity index (χ0) is 24.3. The Balaban J connectivity index is 1.70. The first-order valence-electron chi connectivity index (χ1n) is 12.0. The third-order valence-corrected chi connectivity index (χ3v) is 11.5. The molecule has 2 fully saturated rings. The van der Waals surface area contributed by atoms with Gasteiger partial charge in [0.2, 0.25) is 0 Å². The summed E-state index contributed by atoms with van der Waals surface area (Å²) in [7, 11) is -1.94. The SMILES string of the molecule is CC1(C)O[C@H]2O[C@@H]([C@@H](CCOCc3ccccc3)CO[Si](C)(C)C(C)(C)C)/C(=C\CO)[C@H]2O1. The second-order valence-corrected chi connectivity index (χ2v) is 15.8. The van der Waals surface area contributed by atoms with E-state index < -0.39 is 20.4 Å². The van der Waals surface area contributed by atoms with Crippen LogP contribution in [0.2, 0.25) is 18.1 Å². The fourth-order valence-electron chi connectivity index (χ4n) is 4.01. The monoisotopic (exact) mass is 478 g/mol. The van der Waals surface area contributed by atoms with Crippen molar-refractivity contribution in [3.8, 4) is 0 Å². The van der Waals surface area contributed by atoms with E-state index in [2.05, 4.69) is 46.0 Å². The first-order chi connectivity index (χ1) is 15.4. The molecule has 2 heterocycles. The van der Waals surface area contributed by atoms with E-state index in [9.17, 15) is 5.11 Å². The minimum atomic E-state index is -1.94. The van der Waals surface area contributed by atoms with Gasteiger partial charge in [0.05, 0.1) is 19.3 Å². The molecule has 186 valence electrons. The highest BCUT2D eigenvalue weighted by molar-refractivity contribution is 6.74. The van der Waals surface area contributed by atoms with E-state index in [-0.39, 0.29) is 29.8 Å². The van der Waals surface area contributed by atoms with Crippen LogP contribution in [0.25, 0.3) is 0 Å². The number of rotatable bonds is 10. The van der Waals surface area contributed by atoms with E-state index in [0.29, 0.717) is 19.8 Å². The molecule has 2 saturated heterocycles. The largest absolute Gasteiger partial charge is 0.416 e. The lowest BCUT2D eigenvalue weighted by atomic mass is 9.92. The maximum absolute atomic E-state index is 9.70. The van der Waals surface area contributed by atoms with Gasteiger partial charge in [-0.15, -0.1) is 0 Å². The van der Waals surface area contributed by atoms with Crippen LogP contribution < -0.4 is 0 Å². The van der Waals surface area contributed by atoms with Crippen LogP contribution in [0.3, 0.4) is 0 Å². The summed E-state index contributed by atoms with van der Waals surface area (Å²) in [4.78, 5) is 0. The number of fused-ring (bicyclic) bond motifs is 1. The molecule has 0 bridgehead atoms. The van der Waals surface area contributed by atoms with Gasteiger partial charge in [0.15, 0.2) is 20.4 Å². The third-order valence-electron chi connectivity index (χ3n) is 6.96. The number of aliphatic hydroxyl groups is 1. The van der Waals surface area contributed by atoms with Crippen molar-refractivity contribution in [3.05, 3.63) is 47.5 Å². The minimum Gasteiger partial charge on any atom is -0.416 e. The highest BCUT2D eigenvalue weighted by Gasteiger charge is 2.53. The molecule has 3 rings (SSSR count). The summed E-state index contributed by atoms with van der Waals surface area (Å²) in [5, 5.41) is 9.82. The predicted molar refractivity (Wildman–Crippen MR) is 131 cm³/mol. The Labute approximate surface area is 200 Å². The first kappa shape index (κ1) is 26.5. The average Bonchev–Trinajstić information content (AvgIpc) is 3.20. The first-order valence-corrected chi connectivity index (χ1v) is 14.9. The lowest BCUT2D eigenvalue weighted by Crippen LogP contribution is -2.43. The van der Waals surface area contributed by atoms with E-state index in [1.54, 1.807) is 0 Å². The van der Waals surface area contributed by atoms with Crippen LogP contribution in [-0.4, -0.2) is 57.5 Å². The van der Waals surface area contributed by atoms with Crippen LogP contribution in [0.5, 0.6) is 0 Å². The van der Waals surface area contributed by atoms with E-state index in [0.717, 1.165) is 17.6 Å². The zero-order valence-electron chi connectivity index (χ0n) is 21.3. The summed E-state index contributed by atoms with van der Waals surface area (Å²) < 4.78 is 31.1. The highest BCUT2D eigenvalue weighted by atomic mass is 28.4. The molecule has 0 aromatic heterocycles. The molecule has 33 heavy (non-hydrogen) atoms. The molecular formula is C26H42O6Si. The standard InChI is InChI=1S/C26H42O6Si/c1-25(2,3)33(6,7)29-18-20(14-16-28-17-19-11-9-8-10-12-19)22-21(13-15-27)23-24(30-22)32-26(4,5)31-23/h8-13,20,22-24,27H,14-18H2,1-7H3/b21-13+/t20-,22-,23+,24+/m0/s1. The summed E-state index contributed by atoms with van der Waals surface area (Å²) in [6.07, 6.45) is 1.57. The van der Waals surface area contributed by atoms with Crippen LogP contribution >= 0.6 is 0 Å². The number of hydrogen-bond acceptors (Lipinski definition) is 6. The van der Waals surface area contributed by atoms with Crippen molar-refractivity contribution < 1.29 is 28.5 Å². The van der Waals surface area contributed by atoms with Gasteiger partial charge < -0.3 is 28.5 Å². The molecule has 2 aliphatic heterocycles. The van der Waals surface area contributed by atoms with Crippen molar-refractivity contribution in [2.75, 3.05) is 19.8 Å². The second kappa shape index (κ2) is 10.7. The van der Waals surface area contributed by atoms with Crippen LogP contribution in [0, 0.1) is 5.92 Å². The van der Waals surface area contributed by atoms with E-state index >= 15 is 0 Å². The second-order valence-electron chi connectivity index (χ2n) is 11.0. The molecule has 7 heteroatoms. The van der Waals surface area contributed by atoms with Crippen molar-refractivity contribution in [1.29, 1.82) is 0 Å². The third kappa shape index (κ3) is 6.75. The molecule has 2 aliphatic rings. The van der Waals surface area contributed by atoms with Gasteiger partial charge in [-0.25, -0.2) is 0 Å². The molecule has 1 aromatic rings. The molecule has 0 radical (unpaired) electrons. The van der Waals surface area contributed by atoms with Gasteiger partial charge >= 0.3 is 0 Å². The molecule has 0 aliphatic carbocycles. The number of ether oxygens (including phenoxy) is 4. The Bertz CT molecular complexity index is 786. The summed E-state index contributed by atoms with van der Waals surface area (Å²) in [6.45, 7) is 16.7. The lowest BCUT2D eigenvalue weighted by Gasteiger charge is -2.38. The van der Waals surface area contributed by atoms with Crippen LogP contribution in [-0.2, 0) is 30.0 Å². The van der Waals surface area contributed by atoms with Gasteiger partial charge in [0.1, 0.15) is 6.10 Å². The number of benzene rings is 1. The maximum Gasteiger partial charge on any atom is 0.191 e. The van der Waals surface area contributed by atoms with Gasteiger partial charge in [-0.2, -0.15) is 0 Å². The average molecular weight is 479 g/mol. The summed E-state index contributed by atoms with van der Waals surface area (Å²) >= 11 is 0. The minimum absolute atomic E-state index is 0.0635. The highest BCUT2D eigenvalue weighted by Crippen LogP contribution is 2.44. The van der Waals surface area contributed by atoms with Gasteiger partial charge in [0.25, 0.3) is 0 Å². The molecule has 0 saturated carbocycles. The maximum atomic E-state index is 9.70. The van der Waals surface area contributed by atoms with E-state index in [1.807, 2.05) is 38.1 Å². The van der Waals surface area contributed by atoms with E-state index in [4.69, 9.17) is 23.4 Å². The molecule has 1 aromatic carbocycles. The van der Waals surface area contributed by atoms with Crippen LogP contribution in [0.4, 0.5) is 0 Å². The van der Waals surface area contributed by atoms with Crippen molar-refractivity contribution in [3.63, 3.8) is 0 Å². The smallest absolute Gasteiger partial charge is 0.191 e. The Morgan fingerprint density at radius 3 is 2.48 bits per heavy atom. The molecule has 0 spiro atoms. The molecule has 0 amide bonds. The van der Waals surface area contributed by atoms with Crippen LogP contribution in [0.1, 0.15) is 46.6 Å². The van der Waals surface area contributed by atoms with Gasteiger partial charge in [-0.1, -0.05) is 57.2 Å². The molecule has 6 nitrogen and oxygen atoms in total. The summed E-state index contributed by atoms with van der Waals surface area (Å²) in [6, 6.07) is 10.2. The van der Waals surface area contributed by atoms with Gasteiger partial charge in [0, 0.05) is 19.1 Å². The Kier molecular flexibility index (Phi) is 8.59. The molecule has 4 atom stereocenters. The number of hydrogen-bond donors (Lipinski definition) is 1. The van der Waals surface area contributed by atoms with Crippen molar-refractivity contribution in [1.82, 2.24) is 0 Å². The fraction of sp³-hybridized carbons (Fsp3) is 0.692. The molecule has 1 N–H and O–H groups in total. The lowest BCUT2D eigenvalue weighted by molar-refractivity contribution is -0.206. The quantitative estimate of drug-likeness (QED) is 0.289. The van der Waals surface area contributed by atoms with Crippen LogP contribution in [0.15, 0.2) is 42.0 Å². The Hall–Kier alpha value is -1.06. The molecular weight excluding hydrogens is 436 g/mol. The van der Waals surface area contributed by atoms with E-state index in [1.165, 1.54) is 0 Å².